The molecule has 2 rings (SSSR count). The van der Waals surface area contributed by atoms with Crippen LogP contribution in [0.5, 0.6) is 5.75 Å². The molecule has 0 aliphatic rings. The topological polar surface area (TPSA) is 120 Å². The van der Waals surface area contributed by atoms with Crippen LogP contribution in [0.2, 0.25) is 0 Å². The van der Waals surface area contributed by atoms with Gasteiger partial charge in [0.15, 0.2) is 12.2 Å². The van der Waals surface area contributed by atoms with Crippen LogP contribution in [0.1, 0.15) is 65.5 Å². The molecule has 0 aliphatic carbocycles. The van der Waals surface area contributed by atoms with E-state index in [1.165, 1.54) is 47.0 Å². The van der Waals surface area contributed by atoms with Gasteiger partial charge in [-0.25, -0.2) is 14.0 Å². The number of rotatable bonds is 16. The molecule has 1 N–H and O–H groups in total. The lowest BCUT2D eigenvalue weighted by molar-refractivity contribution is -0.274. The lowest BCUT2D eigenvalue weighted by Gasteiger charge is -2.34. The van der Waals surface area contributed by atoms with Crippen molar-refractivity contribution < 1.29 is 55.7 Å². The van der Waals surface area contributed by atoms with E-state index >= 15 is 0 Å². The third-order valence-electron chi connectivity index (χ3n) is 7.18. The van der Waals surface area contributed by atoms with Gasteiger partial charge in [-0.2, -0.15) is 0 Å². The van der Waals surface area contributed by atoms with E-state index in [-0.39, 0.29) is 25.9 Å². The minimum absolute atomic E-state index is 0.0467. The molecule has 272 valence electrons. The molecule has 0 aromatic heterocycles. The number of halogens is 4. The van der Waals surface area contributed by atoms with E-state index in [4.69, 9.17) is 14.2 Å². The Balaban J connectivity index is 2.34. The van der Waals surface area contributed by atoms with Gasteiger partial charge in [0.25, 0.3) is 5.91 Å². The number of nitrogens with zero attached hydrogens (tertiary/aromatic N) is 1. The Bertz CT molecular complexity index is 1390. The molecule has 0 bridgehead atoms. The fraction of sp³-hybridized carbons (Fsp3) is 0.543. The van der Waals surface area contributed by atoms with Crippen molar-refractivity contribution in [2.75, 3.05) is 14.1 Å². The maximum absolute atomic E-state index is 14.5. The van der Waals surface area contributed by atoms with Crippen molar-refractivity contribution in [3.63, 3.8) is 0 Å². The van der Waals surface area contributed by atoms with Crippen molar-refractivity contribution in [1.29, 1.82) is 0 Å². The lowest BCUT2D eigenvalue weighted by Crippen LogP contribution is -2.52. The van der Waals surface area contributed by atoms with Crippen molar-refractivity contribution in [2.45, 2.75) is 104 Å². The van der Waals surface area contributed by atoms with Gasteiger partial charge in [0.05, 0.1) is 0 Å². The van der Waals surface area contributed by atoms with Crippen molar-refractivity contribution in [2.24, 2.45) is 5.41 Å². The molecule has 2 aromatic carbocycles. The Morgan fingerprint density at radius 1 is 0.796 bits per heavy atom. The maximum atomic E-state index is 14.5. The zero-order chi connectivity index (χ0) is 37.2. The van der Waals surface area contributed by atoms with Gasteiger partial charge in [0.2, 0.25) is 0 Å². The third-order valence-corrected chi connectivity index (χ3v) is 7.18. The first-order valence-electron chi connectivity index (χ1n) is 15.7. The van der Waals surface area contributed by atoms with Crippen LogP contribution < -0.4 is 10.1 Å². The Hall–Kier alpha value is -4.20. The van der Waals surface area contributed by atoms with Crippen LogP contribution in [0.15, 0.2) is 54.6 Å². The zero-order valence-electron chi connectivity index (χ0n) is 29.1. The Morgan fingerprint density at radius 2 is 1.39 bits per heavy atom. The molecule has 49 heavy (non-hydrogen) atoms. The molecule has 0 radical (unpaired) electrons. The molecule has 0 saturated heterocycles. The molecule has 0 saturated carbocycles. The summed E-state index contributed by atoms with van der Waals surface area (Å²) in [6.07, 6.45) is -8.37. The molecular weight excluding hydrogens is 652 g/mol. The van der Waals surface area contributed by atoms with Crippen molar-refractivity contribution in [3.8, 4) is 5.75 Å². The number of carbonyl (C=O) groups excluding carboxylic acids is 4. The van der Waals surface area contributed by atoms with Gasteiger partial charge >= 0.3 is 24.3 Å². The van der Waals surface area contributed by atoms with Crippen LogP contribution in [-0.4, -0.2) is 79.1 Å². The number of amides is 1. The van der Waals surface area contributed by atoms with Crippen LogP contribution in [0, 0.1) is 5.41 Å². The second-order valence-corrected chi connectivity index (χ2v) is 13.5. The quantitative estimate of drug-likeness (QED) is 0.134. The first-order chi connectivity index (χ1) is 22.6. The molecule has 0 heterocycles. The highest BCUT2D eigenvalue weighted by molar-refractivity contribution is 5.90. The second kappa shape index (κ2) is 17.5. The average molecular weight is 699 g/mol. The van der Waals surface area contributed by atoms with Gasteiger partial charge in [0, 0.05) is 19.9 Å². The number of carbonyl (C=O) groups is 4. The number of alkyl halides is 4. The van der Waals surface area contributed by atoms with E-state index in [9.17, 15) is 36.7 Å². The van der Waals surface area contributed by atoms with E-state index in [1.54, 1.807) is 30.3 Å². The van der Waals surface area contributed by atoms with Crippen LogP contribution in [-0.2, 0) is 46.4 Å². The predicted molar refractivity (Wildman–Crippen MR) is 172 cm³/mol. The standard InChI is InChI=1S/C35H46F4N2O8/c1-22(30(43)46-21-24-12-10-9-11-13-24)47-32(45)27(20-33(2,3)4)41(8)29(42)28(48-31(44)26(40-7)19-34(5,6)36)18-23-14-16-25(17-15-23)49-35(37,38)39/h9-17,22,26-28,40H,18-21H2,1-8H3/t22-,26?,27+,28?/m1/s1. The van der Waals surface area contributed by atoms with E-state index in [1.807, 2.05) is 20.8 Å². The Labute approximate surface area is 284 Å². The van der Waals surface area contributed by atoms with Gasteiger partial charge in [-0.15, -0.1) is 13.2 Å². The molecular formula is C35H46F4N2O8. The summed E-state index contributed by atoms with van der Waals surface area (Å²) in [7, 11) is 2.72. The van der Waals surface area contributed by atoms with E-state index in [0.717, 1.165) is 22.6 Å². The second-order valence-electron chi connectivity index (χ2n) is 13.5. The van der Waals surface area contributed by atoms with E-state index in [0.29, 0.717) is 5.56 Å². The zero-order valence-corrected chi connectivity index (χ0v) is 29.1. The summed E-state index contributed by atoms with van der Waals surface area (Å²) >= 11 is 0. The van der Waals surface area contributed by atoms with Crippen molar-refractivity contribution in [1.82, 2.24) is 10.2 Å². The summed E-state index contributed by atoms with van der Waals surface area (Å²) in [5.74, 6) is -4.02. The van der Waals surface area contributed by atoms with Crippen molar-refractivity contribution >= 4 is 23.8 Å². The minimum Gasteiger partial charge on any atom is -0.458 e. The molecule has 1 amide bonds. The lowest BCUT2D eigenvalue weighted by atomic mass is 9.87. The summed E-state index contributed by atoms with van der Waals surface area (Å²) in [6.45, 7) is 9.29. The highest BCUT2D eigenvalue weighted by atomic mass is 19.4. The highest BCUT2D eigenvalue weighted by Gasteiger charge is 2.39. The predicted octanol–water partition coefficient (Wildman–Crippen LogP) is 5.70. The molecule has 0 spiro atoms. The van der Waals surface area contributed by atoms with Crippen LogP contribution in [0.25, 0.3) is 0 Å². The highest BCUT2D eigenvalue weighted by Crippen LogP contribution is 2.27. The molecule has 14 heteroatoms. The number of esters is 3. The van der Waals surface area contributed by atoms with Gasteiger partial charge in [-0.1, -0.05) is 63.2 Å². The third kappa shape index (κ3) is 14.8. The summed E-state index contributed by atoms with van der Waals surface area (Å²) in [6, 6.07) is 11.1. The number of ether oxygens (including phenoxy) is 4. The van der Waals surface area contributed by atoms with Gasteiger partial charge in [-0.05, 0) is 62.9 Å². The van der Waals surface area contributed by atoms with Crippen LogP contribution in [0.3, 0.4) is 0 Å². The number of benzene rings is 2. The summed E-state index contributed by atoms with van der Waals surface area (Å²) < 4.78 is 72.7. The molecule has 4 atom stereocenters. The summed E-state index contributed by atoms with van der Waals surface area (Å²) in [5.41, 5.74) is -1.30. The minimum atomic E-state index is -4.92. The SMILES string of the molecule is CNC(CC(C)(C)F)C(=O)OC(Cc1ccc(OC(F)(F)F)cc1)C(=O)N(C)[C@@H](CC(C)(C)C)C(=O)O[C@H](C)C(=O)OCc1ccccc1. The van der Waals surface area contributed by atoms with Crippen LogP contribution in [0.4, 0.5) is 17.6 Å². The Kier molecular flexibility index (Phi) is 14.6. The summed E-state index contributed by atoms with van der Waals surface area (Å²) in [4.78, 5) is 54.4. The smallest absolute Gasteiger partial charge is 0.458 e. The first kappa shape index (κ1) is 41.0. The fourth-order valence-corrected chi connectivity index (χ4v) is 4.72. The first-order valence-corrected chi connectivity index (χ1v) is 15.7. The largest absolute Gasteiger partial charge is 0.573 e. The normalized spacial score (nSPS) is 14.5. The van der Waals surface area contributed by atoms with Gasteiger partial charge < -0.3 is 29.2 Å². The van der Waals surface area contributed by atoms with Crippen molar-refractivity contribution in [3.05, 3.63) is 65.7 Å². The number of hydrogen-bond acceptors (Lipinski definition) is 9. The summed E-state index contributed by atoms with van der Waals surface area (Å²) in [5, 5.41) is 2.67. The number of hydrogen-bond donors (Lipinski definition) is 1. The van der Waals surface area contributed by atoms with Gasteiger partial charge in [0.1, 0.15) is 30.1 Å². The monoisotopic (exact) mass is 698 g/mol. The fourth-order valence-electron chi connectivity index (χ4n) is 4.72. The number of nitrogens with one attached hydrogen (secondary N) is 1. The number of likely N-dealkylation sites (N-methyl/N-ethyl adjacent to an activating group) is 2. The average Bonchev–Trinajstić information content (AvgIpc) is 2.99. The molecule has 10 nitrogen and oxygen atoms in total. The van der Waals surface area contributed by atoms with E-state index in [2.05, 4.69) is 10.1 Å². The Morgan fingerprint density at radius 3 is 1.90 bits per heavy atom. The van der Waals surface area contributed by atoms with E-state index < -0.39 is 71.3 Å². The molecule has 0 aliphatic heterocycles. The molecule has 2 unspecified atom stereocenters. The molecule has 0 fully saturated rings. The maximum Gasteiger partial charge on any atom is 0.573 e. The van der Waals surface area contributed by atoms with Crippen LogP contribution >= 0.6 is 0 Å². The van der Waals surface area contributed by atoms with Gasteiger partial charge in [-0.3, -0.25) is 9.59 Å². The molecule has 2 aromatic rings.